The van der Waals surface area contributed by atoms with Gasteiger partial charge in [-0.2, -0.15) is 0 Å². The average molecular weight is 138 g/mol. The summed E-state index contributed by atoms with van der Waals surface area (Å²) in [5.74, 6) is 0. The standard InChI is InChI=1S/C7H8NS/c1-6-3-4-7(9-2)5-8-6/h3-5H,1H2,2H3. The lowest BCUT2D eigenvalue weighted by atomic mass is 10.4. The molecule has 0 unspecified atom stereocenters. The molecular formula is C7H8NS. The van der Waals surface area contributed by atoms with Crippen LogP contribution in [0.3, 0.4) is 0 Å². The van der Waals surface area contributed by atoms with E-state index in [0.717, 1.165) is 5.69 Å². The summed E-state index contributed by atoms with van der Waals surface area (Å²) in [4.78, 5) is 5.20. The van der Waals surface area contributed by atoms with Gasteiger partial charge in [-0.25, -0.2) is 0 Å². The van der Waals surface area contributed by atoms with Gasteiger partial charge in [-0.05, 0) is 25.3 Å². The maximum Gasteiger partial charge on any atom is 0.0408 e. The second kappa shape index (κ2) is 2.87. The van der Waals surface area contributed by atoms with Crippen molar-refractivity contribution in [1.29, 1.82) is 0 Å². The zero-order chi connectivity index (χ0) is 6.69. The highest BCUT2D eigenvalue weighted by Crippen LogP contribution is 2.11. The van der Waals surface area contributed by atoms with Gasteiger partial charge < -0.3 is 0 Å². The molecule has 1 nitrogen and oxygen atoms in total. The Hall–Kier alpha value is -0.500. The predicted molar refractivity (Wildman–Crippen MR) is 40.5 cm³/mol. The second-order valence-corrected chi connectivity index (χ2v) is 2.57. The molecule has 0 N–H and O–H groups in total. The molecule has 9 heavy (non-hydrogen) atoms. The van der Waals surface area contributed by atoms with Gasteiger partial charge in [0.25, 0.3) is 0 Å². The largest absolute Gasteiger partial charge is 0.260 e. The zero-order valence-electron chi connectivity index (χ0n) is 5.29. The minimum Gasteiger partial charge on any atom is -0.260 e. The summed E-state index contributed by atoms with van der Waals surface area (Å²) in [6, 6.07) is 3.92. The highest BCUT2D eigenvalue weighted by Gasteiger charge is 1.86. The Kier molecular flexibility index (Phi) is 2.11. The molecule has 1 heterocycles. The number of thioether (sulfide) groups is 1. The lowest BCUT2D eigenvalue weighted by Crippen LogP contribution is -1.77. The van der Waals surface area contributed by atoms with E-state index in [4.69, 9.17) is 0 Å². The summed E-state index contributed by atoms with van der Waals surface area (Å²) in [5, 5.41) is 0. The molecule has 0 bridgehead atoms. The van der Waals surface area contributed by atoms with E-state index in [0.29, 0.717) is 0 Å². The van der Waals surface area contributed by atoms with Crippen LogP contribution in [0.25, 0.3) is 0 Å². The average Bonchev–Trinajstić information content (AvgIpc) is 1.90. The van der Waals surface area contributed by atoms with E-state index in [9.17, 15) is 0 Å². The summed E-state index contributed by atoms with van der Waals surface area (Å²) < 4.78 is 0. The number of aromatic nitrogens is 1. The van der Waals surface area contributed by atoms with E-state index in [1.807, 2.05) is 24.6 Å². The maximum absolute atomic E-state index is 4.02. The van der Waals surface area contributed by atoms with Crippen molar-refractivity contribution in [3.63, 3.8) is 0 Å². The molecule has 2 heteroatoms. The Bertz CT molecular complexity index is 181. The van der Waals surface area contributed by atoms with Gasteiger partial charge in [0, 0.05) is 16.8 Å². The molecular weight excluding hydrogens is 130 g/mol. The molecule has 0 atom stereocenters. The van der Waals surface area contributed by atoms with Crippen molar-refractivity contribution in [1.82, 2.24) is 4.98 Å². The number of pyridine rings is 1. The van der Waals surface area contributed by atoms with Crippen molar-refractivity contribution in [2.24, 2.45) is 0 Å². The molecule has 0 amide bonds. The van der Waals surface area contributed by atoms with Gasteiger partial charge in [0.1, 0.15) is 0 Å². The first-order valence-corrected chi connectivity index (χ1v) is 3.87. The van der Waals surface area contributed by atoms with Crippen LogP contribution >= 0.6 is 11.8 Å². The zero-order valence-corrected chi connectivity index (χ0v) is 6.11. The molecule has 1 aromatic rings. The summed E-state index contributed by atoms with van der Waals surface area (Å²) >= 11 is 1.69. The fraction of sp³-hybridized carbons (Fsp3) is 0.143. The molecule has 1 rings (SSSR count). The van der Waals surface area contributed by atoms with Crippen LogP contribution in [-0.2, 0) is 0 Å². The monoisotopic (exact) mass is 138 g/mol. The molecule has 0 aliphatic carbocycles. The fourth-order valence-corrected chi connectivity index (χ4v) is 0.894. The Morgan fingerprint density at radius 1 is 1.56 bits per heavy atom. The van der Waals surface area contributed by atoms with Crippen molar-refractivity contribution >= 4 is 11.8 Å². The molecule has 1 radical (unpaired) electrons. The van der Waals surface area contributed by atoms with E-state index < -0.39 is 0 Å². The molecule has 0 saturated heterocycles. The molecule has 0 aliphatic heterocycles. The Morgan fingerprint density at radius 2 is 2.33 bits per heavy atom. The van der Waals surface area contributed by atoms with Crippen LogP contribution in [0.2, 0.25) is 0 Å². The smallest absolute Gasteiger partial charge is 0.0408 e. The van der Waals surface area contributed by atoms with Crippen LogP contribution in [0.1, 0.15) is 5.69 Å². The Labute approximate surface area is 59.5 Å². The van der Waals surface area contributed by atoms with Gasteiger partial charge in [0.15, 0.2) is 0 Å². The molecule has 0 aromatic carbocycles. The van der Waals surface area contributed by atoms with Crippen LogP contribution in [0.15, 0.2) is 23.2 Å². The highest BCUT2D eigenvalue weighted by molar-refractivity contribution is 7.98. The lowest BCUT2D eigenvalue weighted by molar-refractivity contribution is 1.20. The van der Waals surface area contributed by atoms with Crippen LogP contribution in [0.5, 0.6) is 0 Å². The van der Waals surface area contributed by atoms with Gasteiger partial charge in [0.05, 0.1) is 0 Å². The minimum atomic E-state index is 0.827. The normalized spacial score (nSPS) is 9.56. The third kappa shape index (κ3) is 1.72. The molecule has 0 aliphatic rings. The third-order valence-corrected chi connectivity index (χ3v) is 1.75. The fourth-order valence-electron chi connectivity index (χ4n) is 0.532. The minimum absolute atomic E-state index is 0.827. The maximum atomic E-state index is 4.02. The predicted octanol–water partition coefficient (Wildman–Crippen LogP) is 1.99. The van der Waals surface area contributed by atoms with Gasteiger partial charge in [-0.1, -0.05) is 0 Å². The van der Waals surface area contributed by atoms with Crippen LogP contribution < -0.4 is 0 Å². The lowest BCUT2D eigenvalue weighted by Gasteiger charge is -1.93. The third-order valence-electron chi connectivity index (χ3n) is 1.03. The Balaban J connectivity index is 2.88. The van der Waals surface area contributed by atoms with Crippen molar-refractivity contribution in [2.75, 3.05) is 6.26 Å². The van der Waals surface area contributed by atoms with Crippen LogP contribution in [0, 0.1) is 6.92 Å². The molecule has 47 valence electrons. The van der Waals surface area contributed by atoms with Crippen LogP contribution in [0.4, 0.5) is 0 Å². The van der Waals surface area contributed by atoms with Gasteiger partial charge in [0.2, 0.25) is 0 Å². The molecule has 0 fully saturated rings. The quantitative estimate of drug-likeness (QED) is 0.550. The highest BCUT2D eigenvalue weighted by atomic mass is 32.2. The molecule has 1 aromatic heterocycles. The topological polar surface area (TPSA) is 12.9 Å². The second-order valence-electron chi connectivity index (χ2n) is 1.69. The first kappa shape index (κ1) is 6.62. The van der Waals surface area contributed by atoms with E-state index >= 15 is 0 Å². The van der Waals surface area contributed by atoms with E-state index in [-0.39, 0.29) is 0 Å². The number of hydrogen-bond acceptors (Lipinski definition) is 2. The van der Waals surface area contributed by atoms with Crippen molar-refractivity contribution in [3.05, 3.63) is 30.9 Å². The SMILES string of the molecule is [CH2]c1ccc(SC)cn1. The number of rotatable bonds is 1. The number of hydrogen-bond donors (Lipinski definition) is 0. The molecule has 0 spiro atoms. The summed E-state index contributed by atoms with van der Waals surface area (Å²) in [6.07, 6.45) is 3.85. The van der Waals surface area contributed by atoms with E-state index in [1.54, 1.807) is 11.8 Å². The summed E-state index contributed by atoms with van der Waals surface area (Å²) in [6.45, 7) is 3.68. The summed E-state index contributed by atoms with van der Waals surface area (Å²) in [7, 11) is 0. The van der Waals surface area contributed by atoms with Crippen LogP contribution in [-0.4, -0.2) is 11.2 Å². The Morgan fingerprint density at radius 3 is 2.78 bits per heavy atom. The van der Waals surface area contributed by atoms with Gasteiger partial charge in [-0.3, -0.25) is 4.98 Å². The van der Waals surface area contributed by atoms with Crippen molar-refractivity contribution < 1.29 is 0 Å². The molecule has 0 saturated carbocycles. The summed E-state index contributed by atoms with van der Waals surface area (Å²) in [5.41, 5.74) is 0.827. The number of nitrogens with zero attached hydrogens (tertiary/aromatic N) is 1. The first-order chi connectivity index (χ1) is 4.33. The van der Waals surface area contributed by atoms with E-state index in [2.05, 4.69) is 11.9 Å². The van der Waals surface area contributed by atoms with Crippen molar-refractivity contribution in [3.8, 4) is 0 Å². The van der Waals surface area contributed by atoms with E-state index in [1.165, 1.54) is 4.90 Å². The van der Waals surface area contributed by atoms with Gasteiger partial charge in [-0.15, -0.1) is 11.8 Å². The van der Waals surface area contributed by atoms with Gasteiger partial charge >= 0.3 is 0 Å². The van der Waals surface area contributed by atoms with Crippen molar-refractivity contribution in [2.45, 2.75) is 4.90 Å². The first-order valence-electron chi connectivity index (χ1n) is 2.65.